The van der Waals surface area contributed by atoms with Gasteiger partial charge in [-0.15, -0.1) is 0 Å². The summed E-state index contributed by atoms with van der Waals surface area (Å²) in [5.74, 6) is 0.429. The highest BCUT2D eigenvalue weighted by molar-refractivity contribution is 5.79. The summed E-state index contributed by atoms with van der Waals surface area (Å²) in [6.07, 6.45) is 7.77. The Morgan fingerprint density at radius 1 is 1.28 bits per heavy atom. The van der Waals surface area contributed by atoms with E-state index >= 15 is 0 Å². The van der Waals surface area contributed by atoms with Gasteiger partial charge in [0.15, 0.2) is 0 Å². The van der Waals surface area contributed by atoms with E-state index in [0.717, 1.165) is 36.1 Å². The second-order valence-electron chi connectivity index (χ2n) is 5.94. The Labute approximate surface area is 145 Å². The third kappa shape index (κ3) is 4.90. The maximum Gasteiger partial charge on any atom is 0.246 e. The molecule has 0 saturated heterocycles. The van der Waals surface area contributed by atoms with Crippen LogP contribution in [0, 0.1) is 0 Å². The third-order valence-corrected chi connectivity index (χ3v) is 4.07. The fourth-order valence-corrected chi connectivity index (χ4v) is 2.86. The van der Waals surface area contributed by atoms with Gasteiger partial charge in [0, 0.05) is 30.9 Å². The number of furan rings is 1. The number of carbonyl (C=O) groups is 2. The van der Waals surface area contributed by atoms with Crippen LogP contribution in [0.3, 0.4) is 0 Å². The molecule has 0 unspecified atom stereocenters. The first-order chi connectivity index (χ1) is 12.2. The monoisotopic (exact) mass is 343 g/mol. The number of hydrogen-bond acceptors (Lipinski definition) is 5. The number of amides is 2. The molecule has 0 aromatic carbocycles. The van der Waals surface area contributed by atoms with E-state index in [-0.39, 0.29) is 31.1 Å². The van der Waals surface area contributed by atoms with Gasteiger partial charge in [-0.3, -0.25) is 14.6 Å². The van der Waals surface area contributed by atoms with E-state index in [9.17, 15) is 9.59 Å². The predicted molar refractivity (Wildman–Crippen MR) is 89.4 cm³/mol. The molecule has 1 aliphatic rings. The minimum atomic E-state index is -0.272. The van der Waals surface area contributed by atoms with E-state index in [2.05, 4.69) is 15.6 Å². The van der Waals surface area contributed by atoms with Gasteiger partial charge >= 0.3 is 0 Å². The number of nitrogens with one attached hydrogen (secondary N) is 2. The van der Waals surface area contributed by atoms with Gasteiger partial charge in [0.05, 0.1) is 12.3 Å². The summed E-state index contributed by atoms with van der Waals surface area (Å²) in [6, 6.07) is 5.53. The molecule has 0 fully saturated rings. The molecule has 2 heterocycles. The van der Waals surface area contributed by atoms with E-state index in [1.807, 2.05) is 12.1 Å². The molecular weight excluding hydrogens is 322 g/mol. The number of aromatic nitrogens is 1. The normalized spacial score (nSPS) is 16.1. The van der Waals surface area contributed by atoms with Crippen LogP contribution in [-0.4, -0.2) is 30.0 Å². The Hall–Kier alpha value is -2.67. The van der Waals surface area contributed by atoms with Crippen molar-refractivity contribution < 1.29 is 18.7 Å². The number of hydrogen-bond donors (Lipinski definition) is 2. The molecule has 2 aromatic rings. The molecule has 1 atom stereocenters. The second kappa shape index (κ2) is 8.43. The molecule has 3 rings (SSSR count). The van der Waals surface area contributed by atoms with Crippen molar-refractivity contribution in [1.29, 1.82) is 0 Å². The number of aryl methyl sites for hydroxylation is 1. The van der Waals surface area contributed by atoms with Crippen LogP contribution in [0.2, 0.25) is 0 Å². The molecule has 0 saturated carbocycles. The minimum Gasteiger partial charge on any atom is -0.469 e. The molecule has 0 aliphatic heterocycles. The molecule has 25 heavy (non-hydrogen) atoms. The SMILES string of the molecule is O=C(COCC(=O)N[C@H]1CCCc2occc21)NCc1cccnc1. The number of carbonyl (C=O) groups excluding carboxylic acids is 2. The first kappa shape index (κ1) is 17.2. The van der Waals surface area contributed by atoms with Gasteiger partial charge in [0.25, 0.3) is 0 Å². The number of ether oxygens (including phenoxy) is 1. The summed E-state index contributed by atoms with van der Waals surface area (Å²) >= 11 is 0. The molecule has 132 valence electrons. The van der Waals surface area contributed by atoms with Crippen molar-refractivity contribution in [1.82, 2.24) is 15.6 Å². The molecule has 2 aromatic heterocycles. The van der Waals surface area contributed by atoms with Crippen molar-refractivity contribution in [2.75, 3.05) is 13.2 Å². The first-order valence-electron chi connectivity index (χ1n) is 8.31. The summed E-state index contributed by atoms with van der Waals surface area (Å²) in [7, 11) is 0. The third-order valence-electron chi connectivity index (χ3n) is 4.07. The highest BCUT2D eigenvalue weighted by atomic mass is 16.5. The van der Waals surface area contributed by atoms with Crippen molar-refractivity contribution in [3.63, 3.8) is 0 Å². The summed E-state index contributed by atoms with van der Waals surface area (Å²) in [5.41, 5.74) is 1.94. The Kier molecular flexibility index (Phi) is 5.79. The van der Waals surface area contributed by atoms with Crippen molar-refractivity contribution in [2.45, 2.75) is 31.8 Å². The van der Waals surface area contributed by atoms with Crippen LogP contribution in [0.4, 0.5) is 0 Å². The molecule has 7 nitrogen and oxygen atoms in total. The van der Waals surface area contributed by atoms with E-state index < -0.39 is 0 Å². The van der Waals surface area contributed by atoms with E-state index in [1.165, 1.54) is 0 Å². The van der Waals surface area contributed by atoms with Crippen LogP contribution in [0.5, 0.6) is 0 Å². The minimum absolute atomic E-state index is 0.0435. The number of nitrogens with zero attached hydrogens (tertiary/aromatic N) is 1. The average Bonchev–Trinajstić information content (AvgIpc) is 3.11. The van der Waals surface area contributed by atoms with E-state index in [4.69, 9.17) is 9.15 Å². The lowest BCUT2D eigenvalue weighted by Gasteiger charge is -2.22. The summed E-state index contributed by atoms with van der Waals surface area (Å²) in [6.45, 7) is 0.0763. The quantitative estimate of drug-likeness (QED) is 0.795. The smallest absolute Gasteiger partial charge is 0.246 e. The van der Waals surface area contributed by atoms with Gasteiger partial charge in [-0.05, 0) is 30.5 Å². The standard InChI is InChI=1S/C18H21N3O4/c22-17(20-10-13-3-2-7-19-9-13)11-24-12-18(23)21-15-4-1-5-16-14(15)6-8-25-16/h2-3,6-9,15H,1,4-5,10-12H2,(H,20,22)(H,21,23)/t15-/m0/s1. The lowest BCUT2D eigenvalue weighted by Crippen LogP contribution is -2.35. The molecule has 1 aliphatic carbocycles. The van der Waals surface area contributed by atoms with Crippen LogP contribution in [0.1, 0.15) is 35.8 Å². The molecule has 2 amide bonds. The van der Waals surface area contributed by atoms with Gasteiger partial charge in [0.1, 0.15) is 19.0 Å². The molecule has 0 radical (unpaired) electrons. The molecule has 7 heteroatoms. The summed E-state index contributed by atoms with van der Waals surface area (Å²) < 4.78 is 10.6. The van der Waals surface area contributed by atoms with Crippen LogP contribution in [0.15, 0.2) is 41.3 Å². The van der Waals surface area contributed by atoms with Gasteiger partial charge < -0.3 is 19.8 Å². The van der Waals surface area contributed by atoms with Crippen molar-refractivity contribution in [3.8, 4) is 0 Å². The fourth-order valence-electron chi connectivity index (χ4n) is 2.86. The number of rotatable bonds is 7. The Morgan fingerprint density at radius 2 is 2.16 bits per heavy atom. The zero-order chi connectivity index (χ0) is 17.5. The zero-order valence-electron chi connectivity index (χ0n) is 13.9. The van der Waals surface area contributed by atoms with E-state index in [0.29, 0.717) is 6.54 Å². The van der Waals surface area contributed by atoms with Crippen molar-refractivity contribution >= 4 is 11.8 Å². The summed E-state index contributed by atoms with van der Waals surface area (Å²) in [5, 5.41) is 5.64. The van der Waals surface area contributed by atoms with Crippen molar-refractivity contribution in [3.05, 3.63) is 53.7 Å². The largest absolute Gasteiger partial charge is 0.469 e. The van der Waals surface area contributed by atoms with Gasteiger partial charge in [0.2, 0.25) is 11.8 Å². The van der Waals surface area contributed by atoms with Gasteiger partial charge in [-0.2, -0.15) is 0 Å². The summed E-state index contributed by atoms with van der Waals surface area (Å²) in [4.78, 5) is 27.7. The molecule has 0 bridgehead atoms. The second-order valence-corrected chi connectivity index (χ2v) is 5.94. The Bertz CT molecular complexity index is 714. The number of pyridine rings is 1. The van der Waals surface area contributed by atoms with Crippen molar-refractivity contribution in [2.24, 2.45) is 0 Å². The zero-order valence-corrected chi connectivity index (χ0v) is 13.9. The predicted octanol–water partition coefficient (Wildman–Crippen LogP) is 1.50. The Morgan fingerprint density at radius 3 is 3.00 bits per heavy atom. The highest BCUT2D eigenvalue weighted by Crippen LogP contribution is 2.30. The maximum atomic E-state index is 12.0. The fraction of sp³-hybridized carbons (Fsp3) is 0.389. The van der Waals surface area contributed by atoms with Crippen LogP contribution in [-0.2, 0) is 27.3 Å². The molecular formula is C18H21N3O4. The van der Waals surface area contributed by atoms with Crippen LogP contribution in [0.25, 0.3) is 0 Å². The topological polar surface area (TPSA) is 93.5 Å². The Balaban J connectivity index is 1.35. The van der Waals surface area contributed by atoms with Crippen LogP contribution >= 0.6 is 0 Å². The lowest BCUT2D eigenvalue weighted by molar-refractivity contribution is -0.131. The van der Waals surface area contributed by atoms with Crippen LogP contribution < -0.4 is 10.6 Å². The molecule has 0 spiro atoms. The molecule has 2 N–H and O–H groups in total. The maximum absolute atomic E-state index is 12.0. The van der Waals surface area contributed by atoms with E-state index in [1.54, 1.807) is 24.7 Å². The number of fused-ring (bicyclic) bond motifs is 1. The lowest BCUT2D eigenvalue weighted by atomic mass is 9.93. The highest BCUT2D eigenvalue weighted by Gasteiger charge is 2.23. The van der Waals surface area contributed by atoms with Gasteiger partial charge in [-0.1, -0.05) is 6.07 Å². The average molecular weight is 343 g/mol. The first-order valence-corrected chi connectivity index (χ1v) is 8.31. The van der Waals surface area contributed by atoms with Gasteiger partial charge in [-0.25, -0.2) is 0 Å².